The first-order chi connectivity index (χ1) is 12.3. The lowest BCUT2D eigenvalue weighted by Crippen LogP contribution is -2.31. The number of hydrogen-bond acceptors (Lipinski definition) is 9. The minimum absolute atomic E-state index is 0.0310. The smallest absolute Gasteiger partial charge is 0.330 e. The van der Waals surface area contributed by atoms with Crippen molar-refractivity contribution in [1.29, 1.82) is 0 Å². The summed E-state index contributed by atoms with van der Waals surface area (Å²) in [6.07, 6.45) is -2.29. The van der Waals surface area contributed by atoms with E-state index in [0.29, 0.717) is 0 Å². The van der Waals surface area contributed by atoms with Crippen molar-refractivity contribution in [2.45, 2.75) is 38.2 Å². The van der Waals surface area contributed by atoms with E-state index in [1.54, 1.807) is 0 Å². The predicted molar refractivity (Wildman–Crippen MR) is 88.3 cm³/mol. The second kappa shape index (κ2) is 6.92. The van der Waals surface area contributed by atoms with Crippen LogP contribution in [0.15, 0.2) is 4.79 Å². The van der Waals surface area contributed by atoms with Crippen molar-refractivity contribution in [3.63, 3.8) is 0 Å². The van der Waals surface area contributed by atoms with Crippen molar-refractivity contribution in [2.75, 3.05) is 12.8 Å². The van der Waals surface area contributed by atoms with Gasteiger partial charge < -0.3 is 24.9 Å². The Hall–Kier alpha value is -2.66. The molecule has 3 heterocycles. The standard InChI is InChI=1S/C14H16ClN5O6/c1-5(21)25-7-3-6(4-8(22)24-2)26-12(7)20-11-9(17-14(20)23)10(15)18-13(16)19-11/h6-7,12H,3-4H2,1-2H3,(H,17,23)(H2,16,18,19)/t6-,7+,12+/m0/s1. The highest BCUT2D eigenvalue weighted by Crippen LogP contribution is 2.34. The Labute approximate surface area is 151 Å². The number of carbonyl (C=O) groups is 2. The Morgan fingerprint density at radius 3 is 2.85 bits per heavy atom. The Bertz CT molecular complexity index is 924. The van der Waals surface area contributed by atoms with Gasteiger partial charge in [0.1, 0.15) is 11.6 Å². The molecule has 2 aromatic rings. The summed E-state index contributed by atoms with van der Waals surface area (Å²) in [6.45, 7) is 1.24. The van der Waals surface area contributed by atoms with E-state index in [0.717, 1.165) is 4.57 Å². The Morgan fingerprint density at radius 1 is 1.46 bits per heavy atom. The van der Waals surface area contributed by atoms with Gasteiger partial charge in [-0.15, -0.1) is 0 Å². The SMILES string of the molecule is COC(=O)C[C@@H]1C[C@@H](OC(C)=O)[C@H](n2c(=O)[nH]c3c(Cl)nc(N)nc32)O1. The second-order valence-electron chi connectivity index (χ2n) is 5.68. The molecule has 3 N–H and O–H groups in total. The van der Waals surface area contributed by atoms with E-state index in [1.807, 2.05) is 0 Å². The Balaban J connectivity index is 2.03. The van der Waals surface area contributed by atoms with Crippen molar-refractivity contribution in [1.82, 2.24) is 19.5 Å². The van der Waals surface area contributed by atoms with E-state index in [4.69, 9.17) is 26.8 Å². The first-order valence-corrected chi connectivity index (χ1v) is 8.00. The molecule has 140 valence electrons. The van der Waals surface area contributed by atoms with E-state index in [1.165, 1.54) is 14.0 Å². The molecule has 26 heavy (non-hydrogen) atoms. The third-order valence-electron chi connectivity index (χ3n) is 3.88. The lowest BCUT2D eigenvalue weighted by molar-refractivity contribution is -0.153. The highest BCUT2D eigenvalue weighted by atomic mass is 35.5. The first kappa shape index (κ1) is 18.1. The summed E-state index contributed by atoms with van der Waals surface area (Å²) in [5, 5.41) is -0.0310. The molecule has 3 atom stereocenters. The van der Waals surface area contributed by atoms with Crippen LogP contribution in [0.4, 0.5) is 5.95 Å². The van der Waals surface area contributed by atoms with Crippen LogP contribution in [0.3, 0.4) is 0 Å². The van der Waals surface area contributed by atoms with Gasteiger partial charge in [-0.2, -0.15) is 9.97 Å². The van der Waals surface area contributed by atoms with Gasteiger partial charge in [0.25, 0.3) is 0 Å². The zero-order valence-electron chi connectivity index (χ0n) is 13.9. The number of esters is 2. The summed E-state index contributed by atoms with van der Waals surface area (Å²) in [5.74, 6) is -1.18. The largest absolute Gasteiger partial charge is 0.469 e. The number of nitrogens with two attached hydrogens (primary N) is 1. The maximum Gasteiger partial charge on any atom is 0.330 e. The molecule has 0 spiro atoms. The molecule has 0 radical (unpaired) electrons. The molecular weight excluding hydrogens is 370 g/mol. The molecule has 0 aliphatic carbocycles. The normalized spacial score (nSPS) is 22.5. The number of halogens is 1. The van der Waals surface area contributed by atoms with E-state index in [-0.39, 0.29) is 35.1 Å². The molecule has 11 nitrogen and oxygen atoms in total. The minimum atomic E-state index is -1.01. The quantitative estimate of drug-likeness (QED) is 0.552. The lowest BCUT2D eigenvalue weighted by atomic mass is 10.1. The average Bonchev–Trinajstić information content (AvgIpc) is 3.06. The number of aromatic amines is 1. The molecule has 0 amide bonds. The fourth-order valence-electron chi connectivity index (χ4n) is 2.88. The van der Waals surface area contributed by atoms with Gasteiger partial charge in [-0.05, 0) is 0 Å². The van der Waals surface area contributed by atoms with Gasteiger partial charge in [0.15, 0.2) is 17.0 Å². The van der Waals surface area contributed by atoms with Crippen molar-refractivity contribution in [3.05, 3.63) is 15.6 Å². The molecule has 0 unspecified atom stereocenters. The number of carbonyl (C=O) groups excluding carboxylic acids is 2. The number of nitrogen functional groups attached to an aromatic ring is 1. The van der Waals surface area contributed by atoms with Crippen molar-refractivity contribution < 1.29 is 23.8 Å². The number of nitrogens with zero attached hydrogens (tertiary/aromatic N) is 3. The van der Waals surface area contributed by atoms with Crippen molar-refractivity contribution in [3.8, 4) is 0 Å². The third kappa shape index (κ3) is 3.35. The van der Waals surface area contributed by atoms with E-state index < -0.39 is 36.1 Å². The molecule has 1 aliphatic heterocycles. The van der Waals surface area contributed by atoms with Gasteiger partial charge in [-0.3, -0.25) is 9.59 Å². The van der Waals surface area contributed by atoms with Gasteiger partial charge >= 0.3 is 17.6 Å². The van der Waals surface area contributed by atoms with Crippen LogP contribution in [-0.4, -0.2) is 50.8 Å². The third-order valence-corrected chi connectivity index (χ3v) is 4.15. The number of fused-ring (bicyclic) bond motifs is 1. The predicted octanol–water partition coefficient (Wildman–Crippen LogP) is 0.137. The maximum absolute atomic E-state index is 12.4. The number of methoxy groups -OCH3 is 1. The zero-order chi connectivity index (χ0) is 19.0. The summed E-state index contributed by atoms with van der Waals surface area (Å²) in [7, 11) is 1.25. The molecule has 1 aliphatic rings. The topological polar surface area (TPSA) is 151 Å². The molecule has 12 heteroatoms. The molecule has 2 aromatic heterocycles. The van der Waals surface area contributed by atoms with Crippen LogP contribution in [0.5, 0.6) is 0 Å². The number of aromatic nitrogens is 4. The Morgan fingerprint density at radius 2 is 2.19 bits per heavy atom. The maximum atomic E-state index is 12.4. The lowest BCUT2D eigenvalue weighted by Gasteiger charge is -2.19. The van der Waals surface area contributed by atoms with Gasteiger partial charge in [-0.25, -0.2) is 9.36 Å². The zero-order valence-corrected chi connectivity index (χ0v) is 14.6. The number of imidazole rings is 1. The summed E-state index contributed by atoms with van der Waals surface area (Å²) in [6, 6.07) is 0. The van der Waals surface area contributed by atoms with Gasteiger partial charge in [0.05, 0.1) is 19.6 Å². The summed E-state index contributed by atoms with van der Waals surface area (Å²) in [4.78, 5) is 45.7. The van der Waals surface area contributed by atoms with E-state index >= 15 is 0 Å². The highest BCUT2D eigenvalue weighted by Gasteiger charge is 2.41. The van der Waals surface area contributed by atoms with Crippen LogP contribution in [0.2, 0.25) is 5.15 Å². The summed E-state index contributed by atoms with van der Waals surface area (Å²) >= 11 is 5.99. The molecule has 3 rings (SSSR count). The van der Waals surface area contributed by atoms with Crippen molar-refractivity contribution >= 4 is 40.7 Å². The van der Waals surface area contributed by atoms with Gasteiger partial charge in [0.2, 0.25) is 5.95 Å². The van der Waals surface area contributed by atoms with E-state index in [9.17, 15) is 14.4 Å². The van der Waals surface area contributed by atoms with E-state index in [2.05, 4.69) is 19.7 Å². The van der Waals surface area contributed by atoms with Crippen LogP contribution in [0.1, 0.15) is 26.0 Å². The monoisotopic (exact) mass is 385 g/mol. The van der Waals surface area contributed by atoms with Crippen LogP contribution in [0, 0.1) is 0 Å². The van der Waals surface area contributed by atoms with Crippen LogP contribution >= 0.6 is 11.6 Å². The van der Waals surface area contributed by atoms with Crippen LogP contribution < -0.4 is 11.4 Å². The number of anilines is 1. The van der Waals surface area contributed by atoms with Crippen LogP contribution in [0.25, 0.3) is 11.2 Å². The Kier molecular flexibility index (Phi) is 4.83. The van der Waals surface area contributed by atoms with Crippen molar-refractivity contribution in [2.24, 2.45) is 0 Å². The molecule has 1 fully saturated rings. The molecule has 1 saturated heterocycles. The first-order valence-electron chi connectivity index (χ1n) is 7.63. The van der Waals surface area contributed by atoms with Gasteiger partial charge in [0, 0.05) is 13.3 Å². The summed E-state index contributed by atoms with van der Waals surface area (Å²) < 4.78 is 16.8. The second-order valence-corrected chi connectivity index (χ2v) is 6.04. The number of ether oxygens (including phenoxy) is 3. The molecule has 0 saturated carbocycles. The number of hydrogen-bond donors (Lipinski definition) is 2. The number of H-pyrrole nitrogens is 1. The average molecular weight is 386 g/mol. The number of nitrogens with one attached hydrogen (secondary N) is 1. The fraction of sp³-hybridized carbons (Fsp3) is 0.500. The fourth-order valence-corrected chi connectivity index (χ4v) is 3.10. The molecule has 0 bridgehead atoms. The highest BCUT2D eigenvalue weighted by molar-refractivity contribution is 6.33. The van der Waals surface area contributed by atoms with Gasteiger partial charge in [-0.1, -0.05) is 11.6 Å². The molecule has 0 aromatic carbocycles. The molecular formula is C14H16ClN5O6. The summed E-state index contributed by atoms with van der Waals surface area (Å²) in [5.41, 5.74) is 5.29. The minimum Gasteiger partial charge on any atom is -0.469 e. The van der Waals surface area contributed by atoms with Crippen LogP contribution in [-0.2, 0) is 23.8 Å². The number of rotatable bonds is 4.